The van der Waals surface area contributed by atoms with Crippen LogP contribution in [0, 0.1) is 0 Å². The first kappa shape index (κ1) is 16.7. The van der Waals surface area contributed by atoms with E-state index in [-0.39, 0.29) is 11.8 Å². The third-order valence-electron chi connectivity index (χ3n) is 2.63. The summed E-state index contributed by atoms with van der Waals surface area (Å²) in [5.74, 6) is -0.230. The van der Waals surface area contributed by atoms with Crippen LogP contribution in [0.25, 0.3) is 0 Å². The van der Waals surface area contributed by atoms with Gasteiger partial charge in [0.25, 0.3) is 0 Å². The number of benzene rings is 1. The maximum absolute atomic E-state index is 12.0. The average Bonchev–Trinajstić information content (AvgIpc) is 2.28. The number of hydrogen-bond acceptors (Lipinski definition) is 3. The van der Waals surface area contributed by atoms with E-state index in [0.717, 1.165) is 5.56 Å². The predicted octanol–water partition coefficient (Wildman–Crippen LogP) is 3.08. The van der Waals surface area contributed by atoms with Crippen LogP contribution in [0.5, 0.6) is 5.75 Å². The molecule has 0 radical (unpaired) electrons. The number of halogens is 3. The minimum absolute atomic E-state index is 0.225. The van der Waals surface area contributed by atoms with Gasteiger partial charge in [0, 0.05) is 19.1 Å². The third-order valence-corrected chi connectivity index (χ3v) is 2.76. The summed E-state index contributed by atoms with van der Waals surface area (Å²) in [5.41, 5.74) is 6.39. The Bertz CT molecular complexity index is 446. The average molecular weight is 306 g/mol. The largest absolute Gasteiger partial charge is 0.573 e. The molecule has 0 amide bonds. The molecule has 0 aliphatic heterocycles. The molecule has 0 atom stereocenters. The Kier molecular flexibility index (Phi) is 5.76. The summed E-state index contributed by atoms with van der Waals surface area (Å²) in [6, 6.07) is 6.00. The summed E-state index contributed by atoms with van der Waals surface area (Å²) in [5, 5.41) is 0. The molecule has 7 heteroatoms. The van der Waals surface area contributed by atoms with Gasteiger partial charge < -0.3 is 10.5 Å². The molecule has 1 rings (SSSR count). The molecule has 0 fully saturated rings. The summed E-state index contributed by atoms with van der Waals surface area (Å²) in [7, 11) is 0. The molecule has 1 aromatic rings. The second-order valence-electron chi connectivity index (χ2n) is 4.66. The number of ether oxygens (including phenoxy) is 1. The van der Waals surface area contributed by atoms with E-state index in [0.29, 0.717) is 18.1 Å². The van der Waals surface area contributed by atoms with Crippen LogP contribution in [0.2, 0.25) is 0 Å². The quantitative estimate of drug-likeness (QED) is 0.820. The van der Waals surface area contributed by atoms with E-state index in [1.807, 2.05) is 18.7 Å². The van der Waals surface area contributed by atoms with Crippen molar-refractivity contribution in [3.05, 3.63) is 29.8 Å². The van der Waals surface area contributed by atoms with Gasteiger partial charge in [-0.1, -0.05) is 24.4 Å². The van der Waals surface area contributed by atoms with Crippen LogP contribution in [-0.2, 0) is 6.54 Å². The molecule has 3 nitrogen and oxygen atoms in total. The smallest absolute Gasteiger partial charge is 0.406 e. The van der Waals surface area contributed by atoms with Gasteiger partial charge in [0.1, 0.15) is 5.75 Å². The molecule has 0 bridgehead atoms. The zero-order chi connectivity index (χ0) is 15.3. The minimum Gasteiger partial charge on any atom is -0.406 e. The first-order valence-electron chi connectivity index (χ1n) is 6.04. The van der Waals surface area contributed by atoms with Gasteiger partial charge in [-0.3, -0.25) is 4.90 Å². The second kappa shape index (κ2) is 6.90. The molecule has 0 unspecified atom stereocenters. The summed E-state index contributed by atoms with van der Waals surface area (Å²) in [6.45, 7) is 5.02. The SMILES string of the molecule is CC(C)N(CC(N)=S)Cc1ccc(OC(F)(F)F)cc1. The second-order valence-corrected chi connectivity index (χ2v) is 5.18. The highest BCUT2D eigenvalue weighted by Gasteiger charge is 2.30. The molecule has 0 saturated carbocycles. The van der Waals surface area contributed by atoms with Gasteiger partial charge in [0.15, 0.2) is 0 Å². The lowest BCUT2D eigenvalue weighted by molar-refractivity contribution is -0.274. The van der Waals surface area contributed by atoms with Crippen molar-refractivity contribution in [2.45, 2.75) is 32.8 Å². The van der Waals surface area contributed by atoms with E-state index in [9.17, 15) is 13.2 Å². The fourth-order valence-electron chi connectivity index (χ4n) is 1.65. The Labute approximate surface area is 121 Å². The van der Waals surface area contributed by atoms with E-state index in [1.54, 1.807) is 12.1 Å². The van der Waals surface area contributed by atoms with Gasteiger partial charge in [-0.25, -0.2) is 0 Å². The molecule has 112 valence electrons. The zero-order valence-corrected chi connectivity index (χ0v) is 12.1. The van der Waals surface area contributed by atoms with E-state index >= 15 is 0 Å². The normalized spacial score (nSPS) is 11.9. The molecule has 20 heavy (non-hydrogen) atoms. The van der Waals surface area contributed by atoms with Crippen LogP contribution in [-0.4, -0.2) is 28.8 Å². The van der Waals surface area contributed by atoms with Gasteiger partial charge in [-0.15, -0.1) is 13.2 Å². The first-order chi connectivity index (χ1) is 9.17. The molecule has 1 aromatic carbocycles. The van der Waals surface area contributed by atoms with Crippen LogP contribution in [0.15, 0.2) is 24.3 Å². The highest BCUT2D eigenvalue weighted by atomic mass is 32.1. The van der Waals surface area contributed by atoms with Gasteiger partial charge in [-0.2, -0.15) is 0 Å². The molecular formula is C13H17F3N2OS. The van der Waals surface area contributed by atoms with Crippen molar-refractivity contribution >= 4 is 17.2 Å². The van der Waals surface area contributed by atoms with Gasteiger partial charge >= 0.3 is 6.36 Å². The Balaban J connectivity index is 2.70. The molecule has 0 heterocycles. The number of rotatable bonds is 6. The molecule has 0 aliphatic rings. The maximum atomic E-state index is 12.0. The molecule has 0 aliphatic carbocycles. The fraction of sp³-hybridized carbons (Fsp3) is 0.462. The summed E-state index contributed by atoms with van der Waals surface area (Å²) in [4.78, 5) is 2.41. The molecule has 0 saturated heterocycles. The lowest BCUT2D eigenvalue weighted by Gasteiger charge is -2.26. The highest BCUT2D eigenvalue weighted by Crippen LogP contribution is 2.23. The van der Waals surface area contributed by atoms with E-state index < -0.39 is 6.36 Å². The minimum atomic E-state index is -4.67. The van der Waals surface area contributed by atoms with Gasteiger partial charge in [0.05, 0.1) is 4.99 Å². The van der Waals surface area contributed by atoms with E-state index in [4.69, 9.17) is 18.0 Å². The standard InChI is InChI=1S/C13H17F3N2OS/c1-9(2)18(8-12(17)20)7-10-3-5-11(6-4-10)19-13(14,15)16/h3-6,9H,7-8H2,1-2H3,(H2,17,20). The molecular weight excluding hydrogens is 289 g/mol. The van der Waals surface area contributed by atoms with Crippen molar-refractivity contribution in [2.24, 2.45) is 5.73 Å². The highest BCUT2D eigenvalue weighted by molar-refractivity contribution is 7.80. The van der Waals surface area contributed by atoms with E-state index in [1.165, 1.54) is 12.1 Å². The predicted molar refractivity (Wildman–Crippen MR) is 75.5 cm³/mol. The first-order valence-corrected chi connectivity index (χ1v) is 6.45. The third kappa shape index (κ3) is 6.21. The fourth-order valence-corrected chi connectivity index (χ4v) is 1.82. The van der Waals surface area contributed by atoms with Crippen LogP contribution in [0.1, 0.15) is 19.4 Å². The van der Waals surface area contributed by atoms with Gasteiger partial charge in [0.2, 0.25) is 0 Å². The number of thiocarbonyl (C=S) groups is 1. The summed E-state index contributed by atoms with van der Waals surface area (Å²) in [6.07, 6.45) is -4.67. The monoisotopic (exact) mass is 306 g/mol. The number of hydrogen-bond donors (Lipinski definition) is 1. The number of nitrogens with two attached hydrogens (primary N) is 1. The molecule has 0 spiro atoms. The van der Waals surface area contributed by atoms with Crippen molar-refractivity contribution in [1.82, 2.24) is 4.90 Å². The topological polar surface area (TPSA) is 38.5 Å². The Morgan fingerprint density at radius 2 is 1.85 bits per heavy atom. The van der Waals surface area contributed by atoms with Crippen molar-refractivity contribution in [3.63, 3.8) is 0 Å². The Hall–Kier alpha value is -1.34. The Morgan fingerprint density at radius 1 is 1.30 bits per heavy atom. The lowest BCUT2D eigenvalue weighted by atomic mass is 10.2. The summed E-state index contributed by atoms with van der Waals surface area (Å²) < 4.78 is 39.9. The van der Waals surface area contributed by atoms with E-state index in [2.05, 4.69) is 4.74 Å². The van der Waals surface area contributed by atoms with Crippen molar-refractivity contribution < 1.29 is 17.9 Å². The van der Waals surface area contributed by atoms with Crippen molar-refractivity contribution in [2.75, 3.05) is 6.54 Å². The summed E-state index contributed by atoms with van der Waals surface area (Å²) >= 11 is 4.88. The zero-order valence-electron chi connectivity index (χ0n) is 11.3. The lowest BCUT2D eigenvalue weighted by Crippen LogP contribution is -2.37. The Morgan fingerprint density at radius 3 is 2.25 bits per heavy atom. The number of nitrogens with zero attached hydrogens (tertiary/aromatic N) is 1. The van der Waals surface area contributed by atoms with Crippen LogP contribution in [0.4, 0.5) is 13.2 Å². The van der Waals surface area contributed by atoms with Crippen LogP contribution < -0.4 is 10.5 Å². The molecule has 0 aromatic heterocycles. The van der Waals surface area contributed by atoms with Crippen LogP contribution >= 0.6 is 12.2 Å². The maximum Gasteiger partial charge on any atom is 0.573 e. The number of alkyl halides is 3. The van der Waals surface area contributed by atoms with Gasteiger partial charge in [-0.05, 0) is 31.5 Å². The van der Waals surface area contributed by atoms with Crippen molar-refractivity contribution in [3.8, 4) is 5.75 Å². The van der Waals surface area contributed by atoms with Crippen LogP contribution in [0.3, 0.4) is 0 Å². The molecule has 2 N–H and O–H groups in total. The van der Waals surface area contributed by atoms with Crippen molar-refractivity contribution in [1.29, 1.82) is 0 Å².